The summed E-state index contributed by atoms with van der Waals surface area (Å²) in [5, 5.41) is 6.88. The molecule has 0 spiro atoms. The lowest BCUT2D eigenvalue weighted by atomic mass is 9.81. The minimum atomic E-state index is 0.112. The van der Waals surface area contributed by atoms with E-state index in [0.29, 0.717) is 30.1 Å². The van der Waals surface area contributed by atoms with Crippen LogP contribution in [0.3, 0.4) is 0 Å². The lowest BCUT2D eigenvalue weighted by molar-refractivity contribution is 0.0438. The molecule has 4 atom stereocenters. The van der Waals surface area contributed by atoms with Crippen LogP contribution in [-0.2, 0) is 9.47 Å². The Labute approximate surface area is 178 Å². The van der Waals surface area contributed by atoms with Crippen molar-refractivity contribution in [2.24, 2.45) is 22.7 Å². The van der Waals surface area contributed by atoms with Gasteiger partial charge in [0, 0.05) is 37.1 Å². The Morgan fingerprint density at radius 1 is 0.833 bits per heavy atom. The minimum Gasteiger partial charge on any atom is -0.467 e. The van der Waals surface area contributed by atoms with Gasteiger partial charge >= 0.3 is 6.01 Å². The summed E-state index contributed by atoms with van der Waals surface area (Å²) in [5.74, 6) is 2.55. The minimum absolute atomic E-state index is 0.112. The highest BCUT2D eigenvalue weighted by Crippen LogP contribution is 2.48. The Morgan fingerprint density at radius 2 is 1.30 bits per heavy atom. The average molecular weight is 418 g/mol. The Morgan fingerprint density at radius 3 is 1.70 bits per heavy atom. The summed E-state index contributed by atoms with van der Waals surface area (Å²) >= 11 is 0. The first kappa shape index (κ1) is 20.2. The number of nitrogens with zero attached hydrogens (tertiary/aromatic N) is 3. The fraction of sp³-hybridized carbons (Fsp3) is 0.864. The molecule has 4 fully saturated rings. The van der Waals surface area contributed by atoms with Crippen LogP contribution in [0.1, 0.15) is 52.4 Å². The summed E-state index contributed by atoms with van der Waals surface area (Å²) in [7, 11) is 1.59. The first-order valence-electron chi connectivity index (χ1n) is 11.5. The van der Waals surface area contributed by atoms with Crippen LogP contribution in [0, 0.1) is 22.7 Å². The van der Waals surface area contributed by atoms with E-state index in [1.807, 2.05) is 0 Å². The number of rotatable bonds is 9. The predicted octanol–water partition coefficient (Wildman–Crippen LogP) is 3.11. The van der Waals surface area contributed by atoms with Crippen LogP contribution in [-0.4, -0.2) is 60.6 Å². The molecule has 8 nitrogen and oxygen atoms in total. The quantitative estimate of drug-likeness (QED) is 0.633. The second-order valence-corrected chi connectivity index (χ2v) is 10.2. The molecule has 30 heavy (non-hydrogen) atoms. The second kappa shape index (κ2) is 7.79. The van der Waals surface area contributed by atoms with Crippen LogP contribution in [0.4, 0.5) is 11.9 Å². The highest BCUT2D eigenvalue weighted by Gasteiger charge is 2.49. The number of hydrogen-bond acceptors (Lipinski definition) is 8. The van der Waals surface area contributed by atoms with Crippen LogP contribution in [0.25, 0.3) is 0 Å². The van der Waals surface area contributed by atoms with Crippen molar-refractivity contribution in [2.45, 2.75) is 64.6 Å². The molecule has 2 N–H and O–H groups in total. The first-order valence-corrected chi connectivity index (χ1v) is 11.5. The maximum Gasteiger partial charge on any atom is 0.322 e. The molecule has 2 saturated heterocycles. The summed E-state index contributed by atoms with van der Waals surface area (Å²) in [6.45, 7) is 7.89. The zero-order chi connectivity index (χ0) is 20.8. The topological polar surface area (TPSA) is 90.4 Å². The number of nitrogens with one attached hydrogen (secondary N) is 2. The molecule has 2 aliphatic heterocycles. The van der Waals surface area contributed by atoms with Gasteiger partial charge in [0.25, 0.3) is 0 Å². The van der Waals surface area contributed by atoms with Crippen LogP contribution >= 0.6 is 0 Å². The Balaban J connectivity index is 1.24. The molecule has 3 heterocycles. The summed E-state index contributed by atoms with van der Waals surface area (Å²) < 4.78 is 17.4. The standard InChI is InChI=1S/C22H35N5O3/c1-21(8-10-29-16(21)14-4-5-14)12-23-18-25-19(27-20(26-18)28-3)24-13-22(2)9-11-30-17(22)15-6-7-15/h14-17H,4-13H2,1-3H3,(H2,23,24,25,26,27). The normalized spacial score (nSPS) is 36.1. The van der Waals surface area contributed by atoms with E-state index in [1.54, 1.807) is 7.11 Å². The van der Waals surface area contributed by atoms with E-state index in [2.05, 4.69) is 39.4 Å². The number of ether oxygens (including phenoxy) is 3. The fourth-order valence-electron chi connectivity index (χ4n) is 5.28. The summed E-state index contributed by atoms with van der Waals surface area (Å²) in [5.41, 5.74) is 0.224. The van der Waals surface area contributed by atoms with Crippen molar-refractivity contribution >= 4 is 11.9 Å². The Kier molecular flexibility index (Phi) is 5.25. The lowest BCUT2D eigenvalue weighted by Crippen LogP contribution is -2.37. The molecule has 4 aliphatic rings. The largest absolute Gasteiger partial charge is 0.467 e. The Hall–Kier alpha value is -1.67. The molecule has 0 radical (unpaired) electrons. The van der Waals surface area contributed by atoms with Crippen LogP contribution in [0.2, 0.25) is 0 Å². The van der Waals surface area contributed by atoms with Crippen molar-refractivity contribution < 1.29 is 14.2 Å². The summed E-state index contributed by atoms with van der Waals surface area (Å²) in [6.07, 6.45) is 7.97. The number of anilines is 2. The molecule has 166 valence electrons. The smallest absolute Gasteiger partial charge is 0.322 e. The molecule has 1 aromatic heterocycles. The van der Waals surface area contributed by atoms with Gasteiger partial charge in [0.05, 0.1) is 19.3 Å². The van der Waals surface area contributed by atoms with Gasteiger partial charge in [0.15, 0.2) is 0 Å². The van der Waals surface area contributed by atoms with Crippen LogP contribution in [0.15, 0.2) is 0 Å². The van der Waals surface area contributed by atoms with Gasteiger partial charge < -0.3 is 24.8 Å². The molecule has 0 amide bonds. The molecular formula is C22H35N5O3. The summed E-state index contributed by atoms with van der Waals surface area (Å²) in [6, 6.07) is 0.327. The summed E-state index contributed by atoms with van der Waals surface area (Å²) in [4.78, 5) is 13.5. The van der Waals surface area contributed by atoms with Gasteiger partial charge in [-0.2, -0.15) is 15.0 Å². The van der Waals surface area contributed by atoms with Crippen LogP contribution in [0.5, 0.6) is 6.01 Å². The molecule has 2 aliphatic carbocycles. The van der Waals surface area contributed by atoms with Crippen LogP contribution < -0.4 is 15.4 Å². The Bertz CT molecular complexity index is 713. The van der Waals surface area contributed by atoms with Crippen molar-refractivity contribution in [2.75, 3.05) is 44.0 Å². The van der Waals surface area contributed by atoms with Crippen molar-refractivity contribution in [1.82, 2.24) is 15.0 Å². The fourth-order valence-corrected chi connectivity index (χ4v) is 5.28. The number of hydrogen-bond donors (Lipinski definition) is 2. The third kappa shape index (κ3) is 4.08. The van der Waals surface area contributed by atoms with Gasteiger partial charge in [0.2, 0.25) is 11.9 Å². The zero-order valence-corrected chi connectivity index (χ0v) is 18.4. The van der Waals surface area contributed by atoms with Crippen molar-refractivity contribution in [3.05, 3.63) is 0 Å². The van der Waals surface area contributed by atoms with E-state index in [0.717, 1.165) is 51.0 Å². The van der Waals surface area contributed by atoms with Crippen molar-refractivity contribution in [1.29, 1.82) is 0 Å². The number of methoxy groups -OCH3 is 1. The van der Waals surface area contributed by atoms with Gasteiger partial charge in [0.1, 0.15) is 0 Å². The van der Waals surface area contributed by atoms with Crippen molar-refractivity contribution in [3.63, 3.8) is 0 Å². The van der Waals surface area contributed by atoms with Gasteiger partial charge in [-0.3, -0.25) is 0 Å². The monoisotopic (exact) mass is 417 g/mol. The van der Waals surface area contributed by atoms with Gasteiger partial charge in [-0.15, -0.1) is 0 Å². The molecule has 1 aromatic rings. The van der Waals surface area contributed by atoms with Gasteiger partial charge in [-0.05, 0) is 50.4 Å². The van der Waals surface area contributed by atoms with Gasteiger partial charge in [-0.1, -0.05) is 13.8 Å². The molecule has 0 aromatic carbocycles. The lowest BCUT2D eigenvalue weighted by Gasteiger charge is -2.31. The highest BCUT2D eigenvalue weighted by atomic mass is 16.5. The van der Waals surface area contributed by atoms with E-state index >= 15 is 0 Å². The zero-order valence-electron chi connectivity index (χ0n) is 18.4. The average Bonchev–Trinajstić information content (AvgIpc) is 3.68. The molecule has 2 saturated carbocycles. The molecule has 8 heteroatoms. The molecule has 4 unspecified atom stereocenters. The van der Waals surface area contributed by atoms with E-state index in [4.69, 9.17) is 14.2 Å². The SMILES string of the molecule is COc1nc(NCC2(C)CCOC2C2CC2)nc(NCC2(C)CCOC2C2CC2)n1. The third-order valence-electron chi connectivity index (χ3n) is 7.51. The van der Waals surface area contributed by atoms with E-state index < -0.39 is 0 Å². The predicted molar refractivity (Wildman–Crippen MR) is 114 cm³/mol. The maximum atomic E-state index is 6.05. The second-order valence-electron chi connectivity index (χ2n) is 10.2. The highest BCUT2D eigenvalue weighted by molar-refractivity contribution is 5.36. The van der Waals surface area contributed by atoms with E-state index in [-0.39, 0.29) is 10.8 Å². The van der Waals surface area contributed by atoms with Gasteiger partial charge in [-0.25, -0.2) is 0 Å². The van der Waals surface area contributed by atoms with E-state index in [1.165, 1.54) is 25.7 Å². The van der Waals surface area contributed by atoms with E-state index in [9.17, 15) is 0 Å². The molecule has 0 bridgehead atoms. The maximum absolute atomic E-state index is 6.05. The molecule has 5 rings (SSSR count). The first-order chi connectivity index (χ1) is 14.5. The third-order valence-corrected chi connectivity index (χ3v) is 7.51. The molecular weight excluding hydrogens is 382 g/mol. The van der Waals surface area contributed by atoms with Crippen molar-refractivity contribution in [3.8, 4) is 6.01 Å². The number of aromatic nitrogens is 3.